The zero-order valence-electron chi connectivity index (χ0n) is 14.3. The van der Waals surface area contributed by atoms with Gasteiger partial charge in [0.1, 0.15) is 11.4 Å². The molecule has 1 rings (SSSR count). The molecule has 0 N–H and O–H groups in total. The van der Waals surface area contributed by atoms with E-state index in [1.807, 2.05) is 56.3 Å². The average molecular weight is 338 g/mol. The van der Waals surface area contributed by atoms with Gasteiger partial charge in [-0.3, -0.25) is 4.79 Å². The Hall–Kier alpha value is -1.30. The van der Waals surface area contributed by atoms with Gasteiger partial charge in [0.25, 0.3) is 0 Å². The van der Waals surface area contributed by atoms with E-state index in [1.165, 1.54) is 11.8 Å². The van der Waals surface area contributed by atoms with Gasteiger partial charge in [-0.25, -0.2) is 0 Å². The van der Waals surface area contributed by atoms with Crippen molar-refractivity contribution in [2.45, 2.75) is 37.9 Å². The maximum Gasteiger partial charge on any atom is 0.326 e. The highest BCUT2D eigenvalue weighted by atomic mass is 32.2. The van der Waals surface area contributed by atoms with Crippen LogP contribution in [0.2, 0.25) is 0 Å². The minimum atomic E-state index is -0.713. The van der Waals surface area contributed by atoms with Crippen LogP contribution in [0.1, 0.15) is 25.8 Å². The quantitative estimate of drug-likeness (QED) is 0.369. The van der Waals surface area contributed by atoms with E-state index in [1.54, 1.807) is 14.2 Å². The summed E-state index contributed by atoms with van der Waals surface area (Å²) in [7, 11) is 3.22. The molecule has 0 aromatic heterocycles. The molecule has 23 heavy (non-hydrogen) atoms. The van der Waals surface area contributed by atoms with E-state index < -0.39 is 4.75 Å². The maximum absolute atomic E-state index is 12.5. The van der Waals surface area contributed by atoms with E-state index in [0.29, 0.717) is 6.42 Å². The maximum atomic E-state index is 12.5. The lowest BCUT2D eigenvalue weighted by Gasteiger charge is -2.24. The number of methoxy groups -OCH3 is 2. The number of hydrogen-bond donors (Lipinski definition) is 0. The Labute approximate surface area is 143 Å². The molecule has 5 heteroatoms. The van der Waals surface area contributed by atoms with Gasteiger partial charge in [-0.1, -0.05) is 42.5 Å². The fraction of sp³-hybridized carbons (Fsp3) is 0.500. The average Bonchev–Trinajstić information content (AvgIpc) is 2.57. The lowest BCUT2D eigenvalue weighted by atomic mass is 10.1. The van der Waals surface area contributed by atoms with E-state index in [4.69, 9.17) is 14.2 Å². The highest BCUT2D eigenvalue weighted by Crippen LogP contribution is 2.30. The van der Waals surface area contributed by atoms with Crippen molar-refractivity contribution in [3.8, 4) is 0 Å². The second kappa shape index (κ2) is 10.5. The Morgan fingerprint density at radius 2 is 1.91 bits per heavy atom. The molecule has 0 bridgehead atoms. The van der Waals surface area contributed by atoms with Crippen LogP contribution in [0.15, 0.2) is 42.5 Å². The molecular weight excluding hydrogens is 312 g/mol. The summed E-state index contributed by atoms with van der Waals surface area (Å²) in [6.07, 6.45) is 4.20. The molecule has 0 radical (unpaired) electrons. The molecule has 1 aromatic carbocycles. The minimum Gasteiger partial charge on any atom is -0.460 e. The lowest BCUT2D eigenvalue weighted by molar-refractivity contribution is -0.146. The molecule has 128 valence electrons. The number of thioether (sulfide) groups is 1. The van der Waals surface area contributed by atoms with Crippen LogP contribution in [0.5, 0.6) is 0 Å². The summed E-state index contributed by atoms with van der Waals surface area (Å²) >= 11 is 1.53. The molecule has 0 fully saturated rings. The summed E-state index contributed by atoms with van der Waals surface area (Å²) in [4.78, 5) is 12.5. The zero-order valence-corrected chi connectivity index (χ0v) is 15.1. The Bertz CT molecular complexity index is 485. The van der Waals surface area contributed by atoms with Crippen LogP contribution in [-0.4, -0.2) is 37.0 Å². The van der Waals surface area contributed by atoms with Crippen LogP contribution < -0.4 is 0 Å². The Kier molecular flexibility index (Phi) is 8.99. The summed E-state index contributed by atoms with van der Waals surface area (Å²) < 4.78 is 15.1. The number of rotatable bonds is 10. The van der Waals surface area contributed by atoms with Crippen molar-refractivity contribution in [2.75, 3.05) is 20.0 Å². The number of hydrogen-bond acceptors (Lipinski definition) is 5. The van der Waals surface area contributed by atoms with Crippen molar-refractivity contribution >= 4 is 17.7 Å². The van der Waals surface area contributed by atoms with Crippen LogP contribution in [-0.2, 0) is 25.6 Å². The van der Waals surface area contributed by atoms with Gasteiger partial charge in [0, 0.05) is 20.6 Å². The van der Waals surface area contributed by atoms with Crippen molar-refractivity contribution in [2.24, 2.45) is 0 Å². The van der Waals surface area contributed by atoms with Gasteiger partial charge in [0.2, 0.25) is 0 Å². The van der Waals surface area contributed by atoms with Gasteiger partial charge in [-0.05, 0) is 25.2 Å². The summed E-state index contributed by atoms with van der Waals surface area (Å²) in [6, 6.07) is 9.68. The molecule has 0 saturated heterocycles. The second-order valence-corrected chi connectivity index (χ2v) is 6.75. The summed E-state index contributed by atoms with van der Waals surface area (Å²) in [6.45, 7) is 4.06. The smallest absolute Gasteiger partial charge is 0.326 e. The van der Waals surface area contributed by atoms with E-state index in [2.05, 4.69) is 0 Å². The lowest BCUT2D eigenvalue weighted by Crippen LogP contribution is -2.32. The van der Waals surface area contributed by atoms with Gasteiger partial charge in [-0.2, -0.15) is 0 Å². The van der Waals surface area contributed by atoms with Crippen molar-refractivity contribution in [3.05, 3.63) is 48.0 Å². The Balaban J connectivity index is 2.58. The molecule has 0 heterocycles. The van der Waals surface area contributed by atoms with Gasteiger partial charge in [0.05, 0.1) is 0 Å². The monoisotopic (exact) mass is 338 g/mol. The molecule has 0 aliphatic heterocycles. The first-order chi connectivity index (χ1) is 11.1. The van der Waals surface area contributed by atoms with Crippen LogP contribution >= 0.6 is 11.8 Å². The normalized spacial score (nSPS) is 14.1. The van der Waals surface area contributed by atoms with Gasteiger partial charge < -0.3 is 14.2 Å². The molecular formula is C18H26O4S. The SMILES string of the molecule is C/C=C/[C@](C)(SCCC(OC)OC)C(=O)OCc1ccccc1. The third-order valence-electron chi connectivity index (χ3n) is 3.38. The number of benzene rings is 1. The highest BCUT2D eigenvalue weighted by molar-refractivity contribution is 8.01. The summed E-state index contributed by atoms with van der Waals surface area (Å²) in [5.41, 5.74) is 0.979. The molecule has 0 amide bonds. The zero-order chi connectivity index (χ0) is 17.1. The van der Waals surface area contributed by atoms with Crippen molar-refractivity contribution in [1.82, 2.24) is 0 Å². The van der Waals surface area contributed by atoms with E-state index >= 15 is 0 Å². The minimum absolute atomic E-state index is 0.240. The Morgan fingerprint density at radius 1 is 1.26 bits per heavy atom. The number of allylic oxidation sites excluding steroid dienone is 1. The van der Waals surface area contributed by atoms with Gasteiger partial charge in [0.15, 0.2) is 6.29 Å². The molecule has 0 unspecified atom stereocenters. The van der Waals surface area contributed by atoms with E-state index in [0.717, 1.165) is 11.3 Å². The molecule has 0 aliphatic carbocycles. The molecule has 1 atom stereocenters. The van der Waals surface area contributed by atoms with Gasteiger partial charge in [-0.15, -0.1) is 11.8 Å². The van der Waals surface area contributed by atoms with Crippen molar-refractivity contribution in [1.29, 1.82) is 0 Å². The number of carbonyl (C=O) groups excluding carboxylic acids is 1. The largest absolute Gasteiger partial charge is 0.460 e. The molecule has 0 spiro atoms. The van der Waals surface area contributed by atoms with Gasteiger partial charge >= 0.3 is 5.97 Å². The topological polar surface area (TPSA) is 44.8 Å². The third-order valence-corrected chi connectivity index (χ3v) is 4.73. The summed E-state index contributed by atoms with van der Waals surface area (Å²) in [5, 5.41) is 0. The standard InChI is InChI=1S/C18H26O4S/c1-5-12-18(2,23-13-11-16(20-3)21-4)17(19)22-14-15-9-7-6-8-10-15/h5-10,12,16H,11,13-14H2,1-4H3/b12-5+/t18-/m0/s1. The fourth-order valence-electron chi connectivity index (χ4n) is 2.06. The third kappa shape index (κ3) is 6.77. The van der Waals surface area contributed by atoms with E-state index in [-0.39, 0.29) is 18.9 Å². The first kappa shape index (κ1) is 19.7. The van der Waals surface area contributed by atoms with Crippen molar-refractivity contribution in [3.63, 3.8) is 0 Å². The molecule has 0 saturated carbocycles. The number of carbonyl (C=O) groups is 1. The van der Waals surface area contributed by atoms with Crippen molar-refractivity contribution < 1.29 is 19.0 Å². The fourth-order valence-corrected chi connectivity index (χ4v) is 3.20. The first-order valence-electron chi connectivity index (χ1n) is 7.60. The van der Waals surface area contributed by atoms with Crippen LogP contribution in [0.3, 0.4) is 0 Å². The van der Waals surface area contributed by atoms with Crippen LogP contribution in [0.25, 0.3) is 0 Å². The molecule has 1 aromatic rings. The summed E-state index contributed by atoms with van der Waals surface area (Å²) in [5.74, 6) is 0.490. The van der Waals surface area contributed by atoms with Crippen LogP contribution in [0, 0.1) is 0 Å². The molecule has 0 aliphatic rings. The Morgan fingerprint density at radius 3 is 2.48 bits per heavy atom. The van der Waals surface area contributed by atoms with E-state index in [9.17, 15) is 4.79 Å². The predicted octanol–water partition coefficient (Wildman–Crippen LogP) is 3.81. The number of esters is 1. The number of ether oxygens (including phenoxy) is 3. The van der Waals surface area contributed by atoms with Crippen LogP contribution in [0.4, 0.5) is 0 Å². The second-order valence-electron chi connectivity index (χ2n) is 5.21. The molecule has 4 nitrogen and oxygen atoms in total. The predicted molar refractivity (Wildman–Crippen MR) is 94.3 cm³/mol. The highest BCUT2D eigenvalue weighted by Gasteiger charge is 2.32. The first-order valence-corrected chi connectivity index (χ1v) is 8.59.